The number of benzene rings is 1. The molecule has 4 heteroatoms. The fourth-order valence-electron chi connectivity index (χ4n) is 2.49. The molecule has 0 saturated carbocycles. The molecule has 0 aliphatic carbocycles. The molecule has 2 unspecified atom stereocenters. The van der Waals surface area contributed by atoms with Crippen LogP contribution in [0.2, 0.25) is 0 Å². The molecular formula is C17H22O4. The number of fused-ring (bicyclic) bond motifs is 1. The van der Waals surface area contributed by atoms with E-state index >= 15 is 0 Å². The summed E-state index contributed by atoms with van der Waals surface area (Å²) in [6, 6.07) is 7.35. The molecule has 0 fully saturated rings. The van der Waals surface area contributed by atoms with Crippen LogP contribution >= 0.6 is 0 Å². The van der Waals surface area contributed by atoms with Gasteiger partial charge in [-0.15, -0.1) is 0 Å². The standard InChI is InChI=1S/C17H22O4/c1-4-5-10-20-16(18)15-12(2)13-8-6-7-9-14(13)21-11-17(15,3)19/h6-9,15,19H,2,4-5,10-11H2,1,3H3. The molecule has 2 rings (SSSR count). The number of carbonyl (C=O) groups excluding carboxylic acids is 1. The first-order valence-electron chi connectivity index (χ1n) is 7.27. The number of aliphatic hydroxyl groups is 1. The van der Waals surface area contributed by atoms with Crippen molar-refractivity contribution in [3.8, 4) is 5.75 Å². The van der Waals surface area contributed by atoms with Crippen molar-refractivity contribution in [2.45, 2.75) is 32.3 Å². The molecule has 0 saturated heterocycles. The van der Waals surface area contributed by atoms with E-state index in [1.165, 1.54) is 0 Å². The number of esters is 1. The van der Waals surface area contributed by atoms with Crippen LogP contribution in [0.5, 0.6) is 5.75 Å². The zero-order chi connectivity index (χ0) is 15.5. The normalized spacial score (nSPS) is 24.7. The molecule has 0 amide bonds. The van der Waals surface area contributed by atoms with E-state index in [0.717, 1.165) is 18.4 Å². The largest absolute Gasteiger partial charge is 0.490 e. The van der Waals surface area contributed by atoms with Crippen LogP contribution in [-0.4, -0.2) is 29.9 Å². The summed E-state index contributed by atoms with van der Waals surface area (Å²) >= 11 is 0. The van der Waals surface area contributed by atoms with Crippen molar-refractivity contribution in [3.05, 3.63) is 36.4 Å². The van der Waals surface area contributed by atoms with Gasteiger partial charge in [-0.05, 0) is 25.0 Å². The minimum absolute atomic E-state index is 0.0244. The summed E-state index contributed by atoms with van der Waals surface area (Å²) in [6.07, 6.45) is 1.75. The quantitative estimate of drug-likeness (QED) is 0.684. The lowest BCUT2D eigenvalue weighted by atomic mass is 9.82. The molecule has 1 aromatic rings. The zero-order valence-corrected chi connectivity index (χ0v) is 12.6. The second-order valence-corrected chi connectivity index (χ2v) is 5.62. The smallest absolute Gasteiger partial charge is 0.316 e. The third-order valence-corrected chi connectivity index (χ3v) is 3.70. The topological polar surface area (TPSA) is 55.8 Å². The van der Waals surface area contributed by atoms with Gasteiger partial charge in [0.1, 0.15) is 23.9 Å². The molecule has 0 spiro atoms. The molecule has 21 heavy (non-hydrogen) atoms. The summed E-state index contributed by atoms with van der Waals surface area (Å²) in [5.74, 6) is -0.636. The Morgan fingerprint density at radius 2 is 2.24 bits per heavy atom. The Hall–Kier alpha value is -1.81. The monoisotopic (exact) mass is 290 g/mol. The highest BCUT2D eigenvalue weighted by Gasteiger charge is 2.44. The average Bonchev–Trinajstić information content (AvgIpc) is 2.55. The number of hydrogen-bond donors (Lipinski definition) is 1. The maximum absolute atomic E-state index is 12.4. The summed E-state index contributed by atoms with van der Waals surface area (Å²) in [7, 11) is 0. The van der Waals surface area contributed by atoms with E-state index < -0.39 is 17.5 Å². The van der Waals surface area contributed by atoms with Crippen LogP contribution in [-0.2, 0) is 9.53 Å². The number of rotatable bonds is 4. The molecule has 1 heterocycles. The highest BCUT2D eigenvalue weighted by Crippen LogP contribution is 2.39. The number of ether oxygens (including phenoxy) is 2. The van der Waals surface area contributed by atoms with Crippen molar-refractivity contribution in [2.24, 2.45) is 5.92 Å². The number of carbonyl (C=O) groups is 1. The third-order valence-electron chi connectivity index (χ3n) is 3.70. The van der Waals surface area contributed by atoms with Crippen LogP contribution in [0.4, 0.5) is 0 Å². The van der Waals surface area contributed by atoms with E-state index in [1.54, 1.807) is 13.0 Å². The van der Waals surface area contributed by atoms with Crippen LogP contribution in [0.1, 0.15) is 32.3 Å². The SMILES string of the molecule is C=C1c2ccccc2OCC(C)(O)C1C(=O)OCCCC. The number of para-hydroxylation sites is 1. The summed E-state index contributed by atoms with van der Waals surface area (Å²) in [4.78, 5) is 12.4. The Balaban J connectivity index is 2.28. The zero-order valence-electron chi connectivity index (χ0n) is 12.6. The van der Waals surface area contributed by atoms with Gasteiger partial charge < -0.3 is 14.6 Å². The maximum atomic E-state index is 12.4. The highest BCUT2D eigenvalue weighted by atomic mass is 16.5. The van der Waals surface area contributed by atoms with Crippen LogP contribution in [0, 0.1) is 5.92 Å². The summed E-state index contributed by atoms with van der Waals surface area (Å²) in [5.41, 5.74) is -0.0679. The van der Waals surface area contributed by atoms with E-state index in [1.807, 2.05) is 25.1 Å². The molecule has 1 N–H and O–H groups in total. The predicted octanol–water partition coefficient (Wildman–Crippen LogP) is 2.80. The highest BCUT2D eigenvalue weighted by molar-refractivity contribution is 5.90. The minimum Gasteiger partial charge on any atom is -0.490 e. The van der Waals surface area contributed by atoms with Gasteiger partial charge in [-0.2, -0.15) is 0 Å². The summed E-state index contributed by atoms with van der Waals surface area (Å²) in [5, 5.41) is 10.6. The molecule has 0 radical (unpaired) electrons. The number of hydrogen-bond acceptors (Lipinski definition) is 4. The van der Waals surface area contributed by atoms with Gasteiger partial charge in [0.25, 0.3) is 0 Å². The van der Waals surface area contributed by atoms with Gasteiger partial charge >= 0.3 is 5.97 Å². The van der Waals surface area contributed by atoms with Crippen LogP contribution in [0.15, 0.2) is 30.8 Å². The second kappa shape index (κ2) is 6.31. The molecule has 1 aromatic carbocycles. The Labute approximate surface area is 125 Å². The minimum atomic E-state index is -1.35. The lowest BCUT2D eigenvalue weighted by Gasteiger charge is -2.29. The third kappa shape index (κ3) is 3.27. The Kier molecular flexibility index (Phi) is 4.68. The summed E-state index contributed by atoms with van der Waals surface area (Å²) < 4.78 is 10.9. The van der Waals surface area contributed by atoms with Crippen LogP contribution < -0.4 is 4.74 Å². The molecule has 114 valence electrons. The first-order chi connectivity index (χ1) is 9.97. The molecular weight excluding hydrogens is 268 g/mol. The molecule has 4 nitrogen and oxygen atoms in total. The molecule has 2 atom stereocenters. The molecule has 1 aliphatic rings. The molecule has 1 aliphatic heterocycles. The van der Waals surface area contributed by atoms with E-state index in [4.69, 9.17) is 9.47 Å². The van der Waals surface area contributed by atoms with Crippen molar-refractivity contribution in [1.29, 1.82) is 0 Å². The Morgan fingerprint density at radius 1 is 1.52 bits per heavy atom. The van der Waals surface area contributed by atoms with Crippen molar-refractivity contribution in [3.63, 3.8) is 0 Å². The van der Waals surface area contributed by atoms with Gasteiger partial charge in [-0.3, -0.25) is 4.79 Å². The van der Waals surface area contributed by atoms with Gasteiger partial charge in [0.2, 0.25) is 0 Å². The fraction of sp³-hybridized carbons (Fsp3) is 0.471. The molecule has 0 bridgehead atoms. The van der Waals surface area contributed by atoms with Crippen molar-refractivity contribution >= 4 is 11.5 Å². The van der Waals surface area contributed by atoms with E-state index in [2.05, 4.69) is 6.58 Å². The van der Waals surface area contributed by atoms with Crippen LogP contribution in [0.3, 0.4) is 0 Å². The van der Waals surface area contributed by atoms with Crippen molar-refractivity contribution in [1.82, 2.24) is 0 Å². The van der Waals surface area contributed by atoms with Gasteiger partial charge in [-0.1, -0.05) is 38.1 Å². The van der Waals surface area contributed by atoms with Gasteiger partial charge in [0, 0.05) is 5.56 Å². The van der Waals surface area contributed by atoms with Crippen molar-refractivity contribution < 1.29 is 19.4 Å². The van der Waals surface area contributed by atoms with Crippen molar-refractivity contribution in [2.75, 3.05) is 13.2 Å². The lowest BCUT2D eigenvalue weighted by Crippen LogP contribution is -2.44. The predicted molar refractivity (Wildman–Crippen MR) is 81.0 cm³/mol. The first kappa shape index (κ1) is 15.6. The summed E-state index contributed by atoms with van der Waals surface area (Å²) in [6.45, 7) is 7.99. The van der Waals surface area contributed by atoms with Gasteiger partial charge in [0.05, 0.1) is 6.61 Å². The van der Waals surface area contributed by atoms with E-state index in [9.17, 15) is 9.90 Å². The first-order valence-corrected chi connectivity index (χ1v) is 7.27. The van der Waals surface area contributed by atoms with E-state index in [-0.39, 0.29) is 6.61 Å². The van der Waals surface area contributed by atoms with Gasteiger partial charge in [0.15, 0.2) is 0 Å². The van der Waals surface area contributed by atoms with Gasteiger partial charge in [-0.25, -0.2) is 0 Å². The Bertz CT molecular complexity index is 533. The van der Waals surface area contributed by atoms with E-state index in [0.29, 0.717) is 17.9 Å². The Morgan fingerprint density at radius 3 is 2.95 bits per heavy atom. The average molecular weight is 290 g/mol. The maximum Gasteiger partial charge on any atom is 0.316 e. The lowest BCUT2D eigenvalue weighted by molar-refractivity contribution is -0.155. The fourth-order valence-corrected chi connectivity index (χ4v) is 2.49. The van der Waals surface area contributed by atoms with Crippen LogP contribution in [0.25, 0.3) is 5.57 Å². The molecule has 0 aromatic heterocycles. The second-order valence-electron chi connectivity index (χ2n) is 5.62. The number of unbranched alkanes of at least 4 members (excludes halogenated alkanes) is 1.